The molecule has 98 valence electrons. The van der Waals surface area contributed by atoms with Crippen LogP contribution in [-0.2, 0) is 4.79 Å². The summed E-state index contributed by atoms with van der Waals surface area (Å²) in [4.78, 5) is 12.1. The highest BCUT2D eigenvalue weighted by atomic mass is 32.1. The van der Waals surface area contributed by atoms with Crippen LogP contribution < -0.4 is 11.1 Å². The van der Waals surface area contributed by atoms with Gasteiger partial charge in [-0.05, 0) is 26.2 Å². The molecule has 0 atom stereocenters. The van der Waals surface area contributed by atoms with E-state index >= 15 is 0 Å². The second-order valence-electron chi connectivity index (χ2n) is 5.58. The van der Waals surface area contributed by atoms with E-state index in [1.165, 1.54) is 32.1 Å². The minimum atomic E-state index is -0.570. The van der Waals surface area contributed by atoms with Gasteiger partial charge < -0.3 is 11.1 Å². The first-order valence-corrected chi connectivity index (χ1v) is 6.93. The van der Waals surface area contributed by atoms with Gasteiger partial charge in [-0.2, -0.15) is 0 Å². The maximum Gasteiger partial charge on any atom is 0.220 e. The Morgan fingerprint density at radius 2 is 1.94 bits per heavy atom. The van der Waals surface area contributed by atoms with Crippen LogP contribution in [0.15, 0.2) is 0 Å². The summed E-state index contributed by atoms with van der Waals surface area (Å²) < 4.78 is 0. The number of hydrogen-bond acceptors (Lipinski definition) is 2. The molecule has 3 nitrogen and oxygen atoms in total. The smallest absolute Gasteiger partial charge is 0.220 e. The summed E-state index contributed by atoms with van der Waals surface area (Å²) >= 11 is 4.92. The van der Waals surface area contributed by atoms with Crippen molar-refractivity contribution in [3.8, 4) is 0 Å². The van der Waals surface area contributed by atoms with Gasteiger partial charge in [0.25, 0.3) is 0 Å². The van der Waals surface area contributed by atoms with Gasteiger partial charge in [-0.3, -0.25) is 4.79 Å². The van der Waals surface area contributed by atoms with Crippen molar-refractivity contribution in [3.05, 3.63) is 0 Å². The largest absolute Gasteiger partial charge is 0.391 e. The third kappa shape index (κ3) is 5.02. The van der Waals surface area contributed by atoms with E-state index in [9.17, 15) is 4.79 Å². The lowest BCUT2D eigenvalue weighted by Crippen LogP contribution is -2.52. The van der Waals surface area contributed by atoms with Crippen molar-refractivity contribution >= 4 is 23.1 Å². The van der Waals surface area contributed by atoms with Crippen LogP contribution in [0.3, 0.4) is 0 Å². The molecule has 17 heavy (non-hydrogen) atoms. The molecule has 0 unspecified atom stereocenters. The highest BCUT2D eigenvalue weighted by Gasteiger charge is 2.24. The molecular weight excluding hydrogens is 232 g/mol. The fourth-order valence-corrected chi connectivity index (χ4v) is 2.33. The number of rotatable bonds is 5. The van der Waals surface area contributed by atoms with Gasteiger partial charge in [0.15, 0.2) is 0 Å². The number of nitrogens with one attached hydrogen (secondary N) is 1. The zero-order valence-corrected chi connectivity index (χ0v) is 11.7. The Hall–Kier alpha value is -0.640. The van der Waals surface area contributed by atoms with Crippen LogP contribution in [-0.4, -0.2) is 16.4 Å². The van der Waals surface area contributed by atoms with E-state index in [-0.39, 0.29) is 5.91 Å². The first-order chi connectivity index (χ1) is 7.92. The van der Waals surface area contributed by atoms with Gasteiger partial charge in [0.2, 0.25) is 5.91 Å². The monoisotopic (exact) mass is 256 g/mol. The van der Waals surface area contributed by atoms with Crippen LogP contribution in [0, 0.1) is 5.92 Å². The predicted octanol–water partition coefficient (Wildman–Crippen LogP) is 2.53. The Morgan fingerprint density at radius 3 is 2.47 bits per heavy atom. The maximum atomic E-state index is 11.8. The quantitative estimate of drug-likeness (QED) is 0.743. The molecule has 0 aromatic rings. The summed E-state index contributed by atoms with van der Waals surface area (Å²) in [7, 11) is 0. The van der Waals surface area contributed by atoms with Crippen LogP contribution in [0.5, 0.6) is 0 Å². The number of carbonyl (C=O) groups is 1. The van der Waals surface area contributed by atoms with Crippen molar-refractivity contribution in [2.75, 3.05) is 0 Å². The molecule has 1 rings (SSSR count). The highest BCUT2D eigenvalue weighted by Crippen LogP contribution is 2.27. The zero-order valence-electron chi connectivity index (χ0n) is 10.9. The van der Waals surface area contributed by atoms with Gasteiger partial charge in [-0.15, -0.1) is 0 Å². The van der Waals surface area contributed by atoms with Gasteiger partial charge in [-0.1, -0.05) is 44.3 Å². The SMILES string of the molecule is CC(C)(NC(=O)CCC1CCCCC1)C(N)=S. The van der Waals surface area contributed by atoms with E-state index in [0.717, 1.165) is 12.3 Å². The van der Waals surface area contributed by atoms with E-state index in [1.54, 1.807) is 0 Å². The summed E-state index contributed by atoms with van der Waals surface area (Å²) in [5, 5.41) is 2.89. The second kappa shape index (κ2) is 6.34. The molecule has 1 aliphatic rings. The Kier molecular flexibility index (Phi) is 5.37. The fraction of sp³-hybridized carbons (Fsp3) is 0.846. The Balaban J connectivity index is 2.27. The molecule has 1 amide bonds. The van der Waals surface area contributed by atoms with Crippen molar-refractivity contribution in [1.29, 1.82) is 0 Å². The minimum absolute atomic E-state index is 0.0633. The Labute approximate surface area is 110 Å². The zero-order chi connectivity index (χ0) is 12.9. The van der Waals surface area contributed by atoms with Gasteiger partial charge in [0.05, 0.1) is 10.5 Å². The molecule has 1 fully saturated rings. The molecule has 0 heterocycles. The lowest BCUT2D eigenvalue weighted by Gasteiger charge is -2.26. The molecule has 0 aromatic heterocycles. The molecule has 4 heteroatoms. The van der Waals surface area contributed by atoms with Crippen molar-refractivity contribution in [3.63, 3.8) is 0 Å². The molecular formula is C13H24N2OS. The first kappa shape index (κ1) is 14.4. The average molecular weight is 256 g/mol. The average Bonchev–Trinajstić information content (AvgIpc) is 2.27. The molecule has 0 spiro atoms. The second-order valence-corrected chi connectivity index (χ2v) is 6.02. The van der Waals surface area contributed by atoms with E-state index in [2.05, 4.69) is 5.32 Å². The molecule has 0 aliphatic heterocycles. The van der Waals surface area contributed by atoms with Crippen LogP contribution in [0.2, 0.25) is 0 Å². The Bertz CT molecular complexity index is 283. The fourth-order valence-electron chi connectivity index (χ4n) is 2.28. The van der Waals surface area contributed by atoms with Gasteiger partial charge in [0.1, 0.15) is 0 Å². The first-order valence-electron chi connectivity index (χ1n) is 6.53. The lowest BCUT2D eigenvalue weighted by molar-refractivity contribution is -0.122. The molecule has 0 aromatic carbocycles. The number of carbonyl (C=O) groups excluding carboxylic acids is 1. The maximum absolute atomic E-state index is 11.8. The minimum Gasteiger partial charge on any atom is -0.391 e. The van der Waals surface area contributed by atoms with Crippen molar-refractivity contribution in [2.24, 2.45) is 11.7 Å². The van der Waals surface area contributed by atoms with Crippen LogP contribution >= 0.6 is 12.2 Å². The lowest BCUT2D eigenvalue weighted by atomic mass is 9.86. The highest BCUT2D eigenvalue weighted by molar-refractivity contribution is 7.80. The summed E-state index contributed by atoms with van der Waals surface area (Å²) in [6, 6.07) is 0. The summed E-state index contributed by atoms with van der Waals surface area (Å²) in [5.74, 6) is 0.802. The predicted molar refractivity (Wildman–Crippen MR) is 74.8 cm³/mol. The summed E-state index contributed by atoms with van der Waals surface area (Å²) in [6.07, 6.45) is 8.17. The number of nitrogens with two attached hydrogens (primary N) is 1. The molecule has 0 bridgehead atoms. The molecule has 0 saturated heterocycles. The van der Waals surface area contributed by atoms with Crippen molar-refractivity contribution in [2.45, 2.75) is 64.3 Å². The van der Waals surface area contributed by atoms with E-state index in [4.69, 9.17) is 18.0 Å². The van der Waals surface area contributed by atoms with Crippen LogP contribution in [0.25, 0.3) is 0 Å². The Morgan fingerprint density at radius 1 is 1.35 bits per heavy atom. The third-order valence-corrected chi connectivity index (χ3v) is 4.08. The van der Waals surface area contributed by atoms with E-state index in [1.807, 2.05) is 13.8 Å². The molecule has 0 radical (unpaired) electrons. The molecule has 1 saturated carbocycles. The number of thiocarbonyl (C=S) groups is 1. The van der Waals surface area contributed by atoms with E-state index in [0.29, 0.717) is 11.4 Å². The topological polar surface area (TPSA) is 55.1 Å². The van der Waals surface area contributed by atoms with Gasteiger partial charge >= 0.3 is 0 Å². The summed E-state index contributed by atoms with van der Waals surface area (Å²) in [5.41, 5.74) is 5.00. The van der Waals surface area contributed by atoms with Crippen LogP contribution in [0.4, 0.5) is 0 Å². The third-order valence-electron chi connectivity index (χ3n) is 3.57. The molecule has 1 aliphatic carbocycles. The van der Waals surface area contributed by atoms with E-state index < -0.39 is 5.54 Å². The van der Waals surface area contributed by atoms with Crippen molar-refractivity contribution < 1.29 is 4.79 Å². The molecule has 3 N–H and O–H groups in total. The number of hydrogen-bond donors (Lipinski definition) is 2. The number of amides is 1. The van der Waals surface area contributed by atoms with Crippen LogP contribution in [0.1, 0.15) is 58.8 Å². The van der Waals surface area contributed by atoms with Crippen molar-refractivity contribution in [1.82, 2.24) is 5.32 Å². The summed E-state index contributed by atoms with van der Waals surface area (Å²) in [6.45, 7) is 3.68. The normalized spacial score (nSPS) is 17.8. The van der Waals surface area contributed by atoms with Gasteiger partial charge in [-0.25, -0.2) is 0 Å². The van der Waals surface area contributed by atoms with Gasteiger partial charge in [0, 0.05) is 6.42 Å². The standard InChI is InChI=1S/C13H24N2OS/c1-13(2,12(14)17)15-11(16)9-8-10-6-4-3-5-7-10/h10H,3-9H2,1-2H3,(H2,14,17)(H,15,16).